The highest BCUT2D eigenvalue weighted by molar-refractivity contribution is 14.0. The number of nitrogens with one attached hydrogen (secondary N) is 2. The quantitative estimate of drug-likeness (QED) is 0.235. The molecule has 1 aliphatic rings. The van der Waals surface area contributed by atoms with Crippen molar-refractivity contribution >= 4 is 29.9 Å². The molecule has 2 N–H and O–H groups in total. The minimum atomic E-state index is 0. The third-order valence-corrected chi connectivity index (χ3v) is 4.40. The number of morpholine rings is 1. The number of aliphatic imine (C=N–C) groups is 1. The summed E-state index contributed by atoms with van der Waals surface area (Å²) in [7, 11) is 0. The lowest BCUT2D eigenvalue weighted by molar-refractivity contribution is -0.0679. The highest BCUT2D eigenvalue weighted by Gasteiger charge is 2.21. The van der Waals surface area contributed by atoms with E-state index < -0.39 is 0 Å². The number of guanidine groups is 1. The molecular formula is C18H36IN7O. The van der Waals surface area contributed by atoms with Gasteiger partial charge in [0.1, 0.15) is 12.2 Å². The fourth-order valence-electron chi connectivity index (χ4n) is 3.33. The molecule has 2 atom stereocenters. The van der Waals surface area contributed by atoms with Crippen LogP contribution >= 0.6 is 24.0 Å². The van der Waals surface area contributed by atoms with Crippen LogP contribution in [0.3, 0.4) is 0 Å². The Morgan fingerprint density at radius 1 is 1.22 bits per heavy atom. The van der Waals surface area contributed by atoms with Gasteiger partial charge in [-0.1, -0.05) is 6.92 Å². The first kappa shape index (κ1) is 24.1. The molecule has 0 spiro atoms. The van der Waals surface area contributed by atoms with Crippen LogP contribution in [-0.2, 0) is 17.7 Å². The van der Waals surface area contributed by atoms with Gasteiger partial charge in [-0.25, -0.2) is 0 Å². The van der Waals surface area contributed by atoms with Crippen molar-refractivity contribution in [2.75, 3.05) is 39.3 Å². The van der Waals surface area contributed by atoms with Crippen molar-refractivity contribution in [3.63, 3.8) is 0 Å². The minimum absolute atomic E-state index is 0. The number of ether oxygens (including phenoxy) is 1. The van der Waals surface area contributed by atoms with Gasteiger partial charge < -0.3 is 19.9 Å². The number of hydrogen-bond acceptors (Lipinski definition) is 5. The molecule has 0 bridgehead atoms. The average Bonchev–Trinajstić information content (AvgIpc) is 3.05. The molecular weight excluding hydrogens is 457 g/mol. The molecule has 27 heavy (non-hydrogen) atoms. The molecule has 0 aliphatic carbocycles. The summed E-state index contributed by atoms with van der Waals surface area (Å²) in [6.45, 7) is 14.9. The Morgan fingerprint density at radius 2 is 1.96 bits per heavy atom. The van der Waals surface area contributed by atoms with Crippen LogP contribution in [0, 0.1) is 0 Å². The molecule has 9 heteroatoms. The van der Waals surface area contributed by atoms with Crippen molar-refractivity contribution in [1.29, 1.82) is 0 Å². The number of rotatable bonds is 9. The van der Waals surface area contributed by atoms with Crippen LogP contribution in [0.5, 0.6) is 0 Å². The molecule has 1 saturated heterocycles. The van der Waals surface area contributed by atoms with E-state index in [-0.39, 0.29) is 24.0 Å². The van der Waals surface area contributed by atoms with Crippen molar-refractivity contribution in [1.82, 2.24) is 30.3 Å². The lowest BCUT2D eigenvalue weighted by Gasteiger charge is -2.35. The summed E-state index contributed by atoms with van der Waals surface area (Å²) in [4.78, 5) is 7.17. The fourth-order valence-corrected chi connectivity index (χ4v) is 3.33. The van der Waals surface area contributed by atoms with E-state index in [9.17, 15) is 0 Å². The van der Waals surface area contributed by atoms with Gasteiger partial charge in [0.05, 0.1) is 12.2 Å². The molecule has 1 aliphatic heterocycles. The second-order valence-corrected chi connectivity index (χ2v) is 6.85. The summed E-state index contributed by atoms with van der Waals surface area (Å²) in [5.41, 5.74) is 0. The number of hydrogen-bond donors (Lipinski definition) is 2. The third kappa shape index (κ3) is 8.73. The Hall–Kier alpha value is -0.940. The van der Waals surface area contributed by atoms with Gasteiger partial charge in [0, 0.05) is 52.2 Å². The summed E-state index contributed by atoms with van der Waals surface area (Å²) < 4.78 is 7.86. The predicted octanol–water partition coefficient (Wildman–Crippen LogP) is 1.51. The zero-order valence-corrected chi connectivity index (χ0v) is 19.5. The number of nitrogens with zero attached hydrogens (tertiary/aromatic N) is 5. The molecule has 0 radical (unpaired) electrons. The molecule has 0 aromatic carbocycles. The van der Waals surface area contributed by atoms with Crippen LogP contribution < -0.4 is 10.6 Å². The van der Waals surface area contributed by atoms with E-state index in [1.807, 2.05) is 0 Å². The van der Waals surface area contributed by atoms with Crippen molar-refractivity contribution in [3.8, 4) is 0 Å². The SMILES string of the molecule is CCNC(=NCCCN1CC(C)OC(C)C1)NCCn1cnnc1CC.I. The maximum Gasteiger partial charge on any atom is 0.191 e. The van der Waals surface area contributed by atoms with Crippen LogP contribution in [0.25, 0.3) is 0 Å². The summed E-state index contributed by atoms with van der Waals surface area (Å²) in [5.74, 6) is 1.89. The lowest BCUT2D eigenvalue weighted by atomic mass is 10.2. The molecule has 0 saturated carbocycles. The molecule has 2 heterocycles. The van der Waals surface area contributed by atoms with E-state index in [0.29, 0.717) is 12.2 Å². The van der Waals surface area contributed by atoms with E-state index in [1.54, 1.807) is 6.33 Å². The predicted molar refractivity (Wildman–Crippen MR) is 120 cm³/mol. The largest absolute Gasteiger partial charge is 0.373 e. The molecule has 2 unspecified atom stereocenters. The van der Waals surface area contributed by atoms with Crippen molar-refractivity contribution in [2.24, 2.45) is 4.99 Å². The van der Waals surface area contributed by atoms with Crippen molar-refractivity contribution < 1.29 is 4.74 Å². The Morgan fingerprint density at radius 3 is 2.63 bits per heavy atom. The molecule has 1 aromatic rings. The van der Waals surface area contributed by atoms with Gasteiger partial charge >= 0.3 is 0 Å². The highest BCUT2D eigenvalue weighted by Crippen LogP contribution is 2.10. The number of aryl methyl sites for hydroxylation is 1. The average molecular weight is 493 g/mol. The van der Waals surface area contributed by atoms with Crippen LogP contribution in [-0.4, -0.2) is 77.1 Å². The van der Waals surface area contributed by atoms with Crippen molar-refractivity contribution in [3.05, 3.63) is 12.2 Å². The normalized spacial score (nSPS) is 21.0. The maximum absolute atomic E-state index is 5.78. The number of aromatic nitrogens is 3. The van der Waals surface area contributed by atoms with Crippen LogP contribution in [0.15, 0.2) is 11.3 Å². The molecule has 8 nitrogen and oxygen atoms in total. The fraction of sp³-hybridized carbons (Fsp3) is 0.833. The number of halogens is 1. The van der Waals surface area contributed by atoms with Gasteiger partial charge in [-0.2, -0.15) is 0 Å². The lowest BCUT2D eigenvalue weighted by Crippen LogP contribution is -2.45. The van der Waals surface area contributed by atoms with Gasteiger partial charge in [0.15, 0.2) is 5.96 Å². The van der Waals surface area contributed by atoms with Gasteiger partial charge in [0.25, 0.3) is 0 Å². The van der Waals surface area contributed by atoms with E-state index in [2.05, 4.69) is 58.0 Å². The summed E-state index contributed by atoms with van der Waals surface area (Å²) in [6.07, 6.45) is 4.39. The first-order chi connectivity index (χ1) is 12.6. The summed E-state index contributed by atoms with van der Waals surface area (Å²) in [6, 6.07) is 0. The van der Waals surface area contributed by atoms with E-state index >= 15 is 0 Å². The molecule has 156 valence electrons. The second kappa shape index (κ2) is 13.3. The first-order valence-electron chi connectivity index (χ1n) is 9.89. The summed E-state index contributed by atoms with van der Waals surface area (Å²) in [5, 5.41) is 14.8. The molecule has 1 aromatic heterocycles. The van der Waals surface area contributed by atoms with E-state index in [0.717, 1.165) is 70.4 Å². The van der Waals surface area contributed by atoms with Crippen LogP contribution in [0.4, 0.5) is 0 Å². The van der Waals surface area contributed by atoms with Gasteiger partial charge in [-0.05, 0) is 27.2 Å². The van der Waals surface area contributed by atoms with Gasteiger partial charge in [0.2, 0.25) is 0 Å². The van der Waals surface area contributed by atoms with Gasteiger partial charge in [-0.3, -0.25) is 9.89 Å². The zero-order valence-electron chi connectivity index (χ0n) is 17.1. The van der Waals surface area contributed by atoms with Crippen LogP contribution in [0.1, 0.15) is 39.9 Å². The van der Waals surface area contributed by atoms with E-state index in [1.165, 1.54) is 0 Å². The summed E-state index contributed by atoms with van der Waals surface area (Å²) >= 11 is 0. The first-order valence-corrected chi connectivity index (χ1v) is 9.89. The molecule has 0 amide bonds. The van der Waals surface area contributed by atoms with Crippen molar-refractivity contribution in [2.45, 2.75) is 59.3 Å². The Balaban J connectivity index is 0.00000364. The van der Waals surface area contributed by atoms with E-state index in [4.69, 9.17) is 9.73 Å². The molecule has 1 fully saturated rings. The third-order valence-electron chi connectivity index (χ3n) is 4.40. The standard InChI is InChI=1S/C18H35N7O.HI/c1-5-17-23-22-14-25(17)11-9-21-18(19-6-2)20-8-7-10-24-12-15(3)26-16(4)13-24;/h14-16H,5-13H2,1-4H3,(H2,19,20,21);1H. The zero-order chi connectivity index (χ0) is 18.8. The second-order valence-electron chi connectivity index (χ2n) is 6.85. The topological polar surface area (TPSA) is 79.6 Å². The Labute approximate surface area is 180 Å². The minimum Gasteiger partial charge on any atom is -0.373 e. The smallest absolute Gasteiger partial charge is 0.191 e. The van der Waals surface area contributed by atoms with Gasteiger partial charge in [-0.15, -0.1) is 34.2 Å². The highest BCUT2D eigenvalue weighted by atomic mass is 127. The maximum atomic E-state index is 5.78. The van der Waals surface area contributed by atoms with Crippen LogP contribution in [0.2, 0.25) is 0 Å². The Kier molecular flexibility index (Phi) is 11.8. The molecule has 2 rings (SSSR count). The monoisotopic (exact) mass is 493 g/mol. The Bertz CT molecular complexity index is 542.